The van der Waals surface area contributed by atoms with Crippen molar-refractivity contribution in [2.75, 3.05) is 13.2 Å². The van der Waals surface area contributed by atoms with Crippen LogP contribution in [0, 0.1) is 22.7 Å². The number of hydrogen-bond donors (Lipinski definition) is 2. The third-order valence-electron chi connectivity index (χ3n) is 13.0. The minimum atomic E-state index is -1.44. The average molecular weight is 796 g/mol. The topological polar surface area (TPSA) is 114 Å². The SMILES string of the molecule is CC(C)(C)OC(=O)N(C(C)(CO)c1ccc2cc(OC3CCC(C(C)(C)C)CC3)ccc2n1)C(C)(CO)c1ccc2cc(OC3CCC(C(C)(C)C)CC3)ccc2n1. The standard InChI is InChI=1S/C49H69N3O6/c1-45(2,3)34-14-18-36(19-15-34)56-38-22-24-40-32(28-38)12-26-42(50-40)48(10,30-53)52(44(55)58-47(7,8)9)49(11,31-54)43-27-13-33-29-39(23-25-41(33)51-43)57-37-20-16-35(17-21-37)46(4,5)6/h12-13,22-29,34-37,53-54H,14-21,30-31H2,1-11H3. The number of aliphatic hydroxyl groups excluding tert-OH is 2. The molecule has 2 saturated carbocycles. The van der Waals surface area contributed by atoms with E-state index in [1.54, 1.807) is 34.6 Å². The fraction of sp³-hybridized carbons (Fsp3) is 0.612. The minimum absolute atomic E-state index is 0.182. The average Bonchev–Trinajstić information content (AvgIpc) is 3.16. The molecule has 0 saturated heterocycles. The molecule has 0 bridgehead atoms. The summed E-state index contributed by atoms with van der Waals surface area (Å²) in [7, 11) is 0. The van der Waals surface area contributed by atoms with Gasteiger partial charge in [0.05, 0.1) is 47.8 Å². The van der Waals surface area contributed by atoms with Gasteiger partial charge in [-0.05, 0) is 157 Å². The predicted molar refractivity (Wildman–Crippen MR) is 232 cm³/mol. The number of amides is 1. The monoisotopic (exact) mass is 796 g/mol. The molecule has 2 unspecified atom stereocenters. The first kappa shape index (κ1) is 43.6. The highest BCUT2D eigenvalue weighted by molar-refractivity contribution is 5.82. The van der Waals surface area contributed by atoms with Gasteiger partial charge >= 0.3 is 6.09 Å². The number of pyridine rings is 2. The Morgan fingerprint density at radius 2 is 0.966 bits per heavy atom. The van der Waals surface area contributed by atoms with Crippen molar-refractivity contribution < 1.29 is 29.2 Å². The van der Waals surface area contributed by atoms with Crippen LogP contribution >= 0.6 is 0 Å². The van der Waals surface area contributed by atoms with Gasteiger partial charge in [0, 0.05) is 10.8 Å². The number of nitrogens with zero attached hydrogens (tertiary/aromatic N) is 3. The van der Waals surface area contributed by atoms with Crippen LogP contribution < -0.4 is 9.47 Å². The summed E-state index contributed by atoms with van der Waals surface area (Å²) in [6.45, 7) is 21.9. The molecule has 4 aromatic rings. The molecule has 316 valence electrons. The van der Waals surface area contributed by atoms with Crippen molar-refractivity contribution in [1.29, 1.82) is 0 Å². The van der Waals surface area contributed by atoms with Gasteiger partial charge < -0.3 is 24.4 Å². The zero-order valence-electron chi connectivity index (χ0n) is 37.0. The molecule has 2 N–H and O–H groups in total. The van der Waals surface area contributed by atoms with Crippen molar-refractivity contribution >= 4 is 27.9 Å². The lowest BCUT2D eigenvalue weighted by atomic mass is 9.72. The fourth-order valence-electron chi connectivity index (χ4n) is 9.22. The number of carbonyl (C=O) groups excluding carboxylic acids is 1. The van der Waals surface area contributed by atoms with E-state index in [4.69, 9.17) is 24.2 Å². The second kappa shape index (κ2) is 16.6. The number of fused-ring (bicyclic) bond motifs is 2. The normalized spacial score (nSPS) is 22.8. The highest BCUT2D eigenvalue weighted by Gasteiger charge is 2.51. The Kier molecular flexibility index (Phi) is 12.5. The number of hydrogen-bond acceptors (Lipinski definition) is 8. The molecular formula is C49H69N3O6. The van der Waals surface area contributed by atoms with E-state index >= 15 is 0 Å². The van der Waals surface area contributed by atoms with Crippen LogP contribution in [0.2, 0.25) is 0 Å². The molecule has 2 fully saturated rings. The Hall–Kier alpha value is -3.95. The molecule has 0 aliphatic heterocycles. The molecule has 2 heterocycles. The van der Waals surface area contributed by atoms with Crippen molar-refractivity contribution in [3.05, 3.63) is 72.1 Å². The maximum atomic E-state index is 14.5. The summed E-state index contributed by atoms with van der Waals surface area (Å²) in [5, 5.41) is 24.4. The molecule has 0 spiro atoms. The molecule has 0 radical (unpaired) electrons. The van der Waals surface area contributed by atoms with E-state index in [-0.39, 0.29) is 12.2 Å². The molecule has 58 heavy (non-hydrogen) atoms. The Labute approximate surface area is 346 Å². The van der Waals surface area contributed by atoms with Crippen molar-refractivity contribution in [3.8, 4) is 11.5 Å². The van der Waals surface area contributed by atoms with Gasteiger partial charge in [-0.1, -0.05) is 53.7 Å². The Bertz CT molecular complexity index is 1910. The van der Waals surface area contributed by atoms with E-state index in [0.717, 1.165) is 73.6 Å². The van der Waals surface area contributed by atoms with Gasteiger partial charge in [0.2, 0.25) is 0 Å². The number of ether oxygens (including phenoxy) is 3. The summed E-state index contributed by atoms with van der Waals surface area (Å²) >= 11 is 0. The van der Waals surface area contributed by atoms with Crippen LogP contribution in [0.25, 0.3) is 21.8 Å². The summed E-state index contributed by atoms with van der Waals surface area (Å²) in [4.78, 5) is 25.9. The molecule has 6 rings (SSSR count). The zero-order valence-corrected chi connectivity index (χ0v) is 37.0. The molecule has 2 aromatic heterocycles. The first-order chi connectivity index (χ1) is 27.1. The van der Waals surface area contributed by atoms with E-state index in [1.165, 1.54) is 4.90 Å². The van der Waals surface area contributed by atoms with E-state index in [2.05, 4.69) is 41.5 Å². The van der Waals surface area contributed by atoms with Crippen molar-refractivity contribution in [2.24, 2.45) is 22.7 Å². The number of benzene rings is 2. The fourth-order valence-corrected chi connectivity index (χ4v) is 9.22. The van der Waals surface area contributed by atoms with Crippen molar-refractivity contribution in [1.82, 2.24) is 14.9 Å². The lowest BCUT2D eigenvalue weighted by Gasteiger charge is -2.49. The third kappa shape index (κ3) is 9.57. The highest BCUT2D eigenvalue weighted by Crippen LogP contribution is 2.43. The summed E-state index contributed by atoms with van der Waals surface area (Å²) in [5.74, 6) is 3.02. The van der Waals surface area contributed by atoms with Gasteiger partial charge in [0.15, 0.2) is 0 Å². The van der Waals surface area contributed by atoms with Gasteiger partial charge in [0.25, 0.3) is 0 Å². The third-order valence-corrected chi connectivity index (χ3v) is 13.0. The second-order valence-corrected chi connectivity index (χ2v) is 20.7. The lowest BCUT2D eigenvalue weighted by molar-refractivity contribution is -0.0777. The van der Waals surface area contributed by atoms with E-state index in [0.29, 0.717) is 45.1 Å². The van der Waals surface area contributed by atoms with Crippen LogP contribution in [0.3, 0.4) is 0 Å². The van der Waals surface area contributed by atoms with Crippen LogP contribution in [-0.4, -0.2) is 62.2 Å². The molecule has 2 aliphatic carbocycles. The van der Waals surface area contributed by atoms with Crippen molar-refractivity contribution in [3.63, 3.8) is 0 Å². The van der Waals surface area contributed by atoms with Gasteiger partial charge in [-0.15, -0.1) is 0 Å². The molecular weight excluding hydrogens is 727 g/mol. The minimum Gasteiger partial charge on any atom is -0.490 e. The van der Waals surface area contributed by atoms with E-state index in [1.807, 2.05) is 60.7 Å². The second-order valence-electron chi connectivity index (χ2n) is 20.7. The number of carbonyl (C=O) groups is 1. The number of aliphatic hydroxyl groups is 2. The van der Waals surface area contributed by atoms with Crippen LogP contribution in [0.1, 0.15) is 139 Å². The Morgan fingerprint density at radius 3 is 1.29 bits per heavy atom. The molecule has 9 nitrogen and oxygen atoms in total. The van der Waals surface area contributed by atoms with Crippen LogP contribution in [0.5, 0.6) is 11.5 Å². The van der Waals surface area contributed by atoms with Gasteiger partial charge in [-0.2, -0.15) is 0 Å². The lowest BCUT2D eigenvalue weighted by Crippen LogP contribution is -2.62. The van der Waals surface area contributed by atoms with Gasteiger partial charge in [0.1, 0.15) is 28.2 Å². The van der Waals surface area contributed by atoms with Gasteiger partial charge in [-0.3, -0.25) is 14.9 Å². The molecule has 2 aromatic carbocycles. The summed E-state index contributed by atoms with van der Waals surface area (Å²) in [6, 6.07) is 19.3. The van der Waals surface area contributed by atoms with Crippen LogP contribution in [0.15, 0.2) is 60.7 Å². The van der Waals surface area contributed by atoms with Gasteiger partial charge in [-0.25, -0.2) is 4.79 Å². The number of aromatic nitrogens is 2. The smallest absolute Gasteiger partial charge is 0.412 e. The van der Waals surface area contributed by atoms with Crippen LogP contribution in [-0.2, 0) is 15.8 Å². The summed E-state index contributed by atoms with van der Waals surface area (Å²) < 4.78 is 19.0. The predicted octanol–water partition coefficient (Wildman–Crippen LogP) is 11.1. The van der Waals surface area contributed by atoms with Crippen LogP contribution in [0.4, 0.5) is 4.79 Å². The molecule has 2 atom stereocenters. The largest absolute Gasteiger partial charge is 0.490 e. The van der Waals surface area contributed by atoms with E-state index in [9.17, 15) is 15.0 Å². The maximum Gasteiger partial charge on any atom is 0.412 e. The Morgan fingerprint density at radius 1 is 0.586 bits per heavy atom. The molecule has 9 heteroatoms. The Balaban J connectivity index is 1.28. The van der Waals surface area contributed by atoms with E-state index < -0.39 is 36.0 Å². The highest BCUT2D eigenvalue weighted by atomic mass is 16.6. The zero-order chi connectivity index (χ0) is 42.3. The number of rotatable bonds is 10. The first-order valence-electron chi connectivity index (χ1n) is 21.5. The first-order valence-corrected chi connectivity index (χ1v) is 21.5. The molecule has 2 aliphatic rings. The summed E-state index contributed by atoms with van der Waals surface area (Å²) in [5.41, 5.74) is -0.830. The maximum absolute atomic E-state index is 14.5. The quantitative estimate of drug-likeness (QED) is 0.163. The summed E-state index contributed by atoms with van der Waals surface area (Å²) in [6.07, 6.45) is 8.46. The van der Waals surface area contributed by atoms with Crippen molar-refractivity contribution in [2.45, 2.75) is 156 Å². The molecule has 1 amide bonds.